The topological polar surface area (TPSA) is 101 Å². The zero-order valence-electron chi connectivity index (χ0n) is 12.0. The Hall–Kier alpha value is -2.28. The maximum absolute atomic E-state index is 11.7. The number of aliphatic hydroxyl groups excluding tert-OH is 1. The highest BCUT2D eigenvalue weighted by molar-refractivity contribution is 5.76. The Labute approximate surface area is 122 Å². The van der Waals surface area contributed by atoms with Crippen molar-refractivity contribution < 1.29 is 14.4 Å². The van der Waals surface area contributed by atoms with Crippen molar-refractivity contribution in [2.45, 2.75) is 32.2 Å². The molecule has 0 aliphatic rings. The highest BCUT2D eigenvalue weighted by Gasteiger charge is 2.19. The highest BCUT2D eigenvalue weighted by atomic mass is 16.5. The molecule has 0 spiro atoms. The summed E-state index contributed by atoms with van der Waals surface area (Å²) in [6.07, 6.45) is 2.20. The van der Waals surface area contributed by atoms with E-state index in [1.165, 1.54) is 0 Å². The van der Waals surface area contributed by atoms with Crippen LogP contribution in [0.25, 0.3) is 11.5 Å². The number of nitrogens with zero attached hydrogens (tertiary/aromatic N) is 3. The molecule has 0 atom stereocenters. The Morgan fingerprint density at radius 1 is 1.43 bits per heavy atom. The van der Waals surface area contributed by atoms with Crippen molar-refractivity contribution in [3.8, 4) is 11.5 Å². The smallest absolute Gasteiger partial charge is 0.227 e. The second kappa shape index (κ2) is 6.45. The fourth-order valence-corrected chi connectivity index (χ4v) is 1.66. The molecule has 21 heavy (non-hydrogen) atoms. The third-order valence-corrected chi connectivity index (χ3v) is 2.80. The van der Waals surface area contributed by atoms with Crippen molar-refractivity contribution in [3.63, 3.8) is 0 Å². The van der Waals surface area contributed by atoms with Crippen molar-refractivity contribution in [3.05, 3.63) is 30.3 Å². The average molecular weight is 290 g/mol. The summed E-state index contributed by atoms with van der Waals surface area (Å²) in [5.41, 5.74) is -0.0104. The number of hydrogen-bond donors (Lipinski definition) is 2. The van der Waals surface area contributed by atoms with E-state index in [9.17, 15) is 4.79 Å². The second-order valence-electron chi connectivity index (χ2n) is 5.32. The molecule has 7 nitrogen and oxygen atoms in total. The number of pyridine rings is 1. The summed E-state index contributed by atoms with van der Waals surface area (Å²) in [5.74, 6) is 0.612. The fraction of sp³-hybridized carbons (Fsp3) is 0.429. The molecule has 2 rings (SSSR count). The first-order valence-electron chi connectivity index (χ1n) is 6.66. The van der Waals surface area contributed by atoms with E-state index in [0.29, 0.717) is 23.8 Å². The van der Waals surface area contributed by atoms with Gasteiger partial charge in [-0.1, -0.05) is 11.2 Å². The minimum atomic E-state index is -0.634. The number of aliphatic hydroxyl groups is 1. The molecule has 0 aliphatic carbocycles. The number of rotatable bonds is 6. The third kappa shape index (κ3) is 4.35. The first kappa shape index (κ1) is 15.1. The molecule has 0 bridgehead atoms. The molecule has 2 heterocycles. The summed E-state index contributed by atoms with van der Waals surface area (Å²) in [4.78, 5) is 20.1. The zero-order chi connectivity index (χ0) is 15.3. The molecule has 0 aliphatic heterocycles. The minimum absolute atomic E-state index is 0.122. The van der Waals surface area contributed by atoms with E-state index in [4.69, 9.17) is 9.63 Å². The van der Waals surface area contributed by atoms with Crippen LogP contribution in [-0.2, 0) is 11.2 Å². The first-order chi connectivity index (χ1) is 10.00. The molecule has 7 heteroatoms. The van der Waals surface area contributed by atoms with Crippen LogP contribution in [-0.4, -0.2) is 38.3 Å². The van der Waals surface area contributed by atoms with Crippen molar-refractivity contribution in [1.82, 2.24) is 20.4 Å². The van der Waals surface area contributed by atoms with Gasteiger partial charge in [-0.25, -0.2) is 0 Å². The van der Waals surface area contributed by atoms with Gasteiger partial charge < -0.3 is 14.9 Å². The second-order valence-corrected chi connectivity index (χ2v) is 5.32. The van der Waals surface area contributed by atoms with Crippen molar-refractivity contribution in [2.24, 2.45) is 0 Å². The quantitative estimate of drug-likeness (QED) is 0.821. The predicted molar refractivity (Wildman–Crippen MR) is 75.2 cm³/mol. The Morgan fingerprint density at radius 3 is 2.90 bits per heavy atom. The molecular formula is C14H18N4O3. The van der Waals surface area contributed by atoms with Gasteiger partial charge in [-0.15, -0.1) is 0 Å². The van der Waals surface area contributed by atoms with Crippen molar-refractivity contribution >= 4 is 5.91 Å². The Bertz CT molecular complexity index is 595. The lowest BCUT2D eigenvalue weighted by Crippen LogP contribution is -2.46. The maximum atomic E-state index is 11.7. The van der Waals surface area contributed by atoms with E-state index in [2.05, 4.69) is 20.4 Å². The van der Waals surface area contributed by atoms with E-state index in [-0.39, 0.29) is 18.9 Å². The van der Waals surface area contributed by atoms with Gasteiger partial charge in [-0.2, -0.15) is 4.98 Å². The number of aryl methyl sites for hydroxylation is 1. The van der Waals surface area contributed by atoms with Gasteiger partial charge in [0, 0.05) is 19.0 Å². The lowest BCUT2D eigenvalue weighted by molar-refractivity contribution is -0.123. The van der Waals surface area contributed by atoms with Crippen LogP contribution in [0.3, 0.4) is 0 Å². The Kier molecular flexibility index (Phi) is 4.64. The van der Waals surface area contributed by atoms with Gasteiger partial charge in [-0.3, -0.25) is 9.78 Å². The van der Waals surface area contributed by atoms with Gasteiger partial charge in [0.25, 0.3) is 0 Å². The molecule has 0 radical (unpaired) electrons. The normalized spacial score (nSPS) is 11.4. The summed E-state index contributed by atoms with van der Waals surface area (Å²) in [6, 6.07) is 5.42. The molecule has 112 valence electrons. The molecule has 0 unspecified atom stereocenters. The van der Waals surface area contributed by atoms with Gasteiger partial charge in [-0.05, 0) is 26.0 Å². The SMILES string of the molecule is CC(C)(CO)NC(=O)CCc1nc(-c2ccccn2)no1. The number of aromatic nitrogens is 3. The van der Waals surface area contributed by atoms with E-state index in [1.807, 2.05) is 6.07 Å². The summed E-state index contributed by atoms with van der Waals surface area (Å²) in [7, 11) is 0. The molecule has 0 saturated carbocycles. The molecule has 2 aromatic rings. The van der Waals surface area contributed by atoms with Gasteiger partial charge in [0.15, 0.2) is 0 Å². The standard InChI is InChI=1S/C14H18N4O3/c1-14(2,9-19)17-11(20)6-7-12-16-13(18-21-12)10-5-3-4-8-15-10/h3-5,8,19H,6-7,9H2,1-2H3,(H,17,20). The van der Waals surface area contributed by atoms with Crippen LogP contribution >= 0.6 is 0 Å². The molecule has 2 N–H and O–H groups in total. The largest absolute Gasteiger partial charge is 0.394 e. The zero-order valence-corrected chi connectivity index (χ0v) is 12.0. The van der Waals surface area contributed by atoms with E-state index in [1.54, 1.807) is 32.2 Å². The van der Waals surface area contributed by atoms with Crippen LogP contribution in [0, 0.1) is 0 Å². The molecule has 0 fully saturated rings. The molecule has 2 aromatic heterocycles. The number of amides is 1. The number of carbonyl (C=O) groups excluding carboxylic acids is 1. The monoisotopic (exact) mass is 290 g/mol. The first-order valence-corrected chi connectivity index (χ1v) is 6.66. The summed E-state index contributed by atoms with van der Waals surface area (Å²) in [6.45, 7) is 3.37. The molecule has 0 aromatic carbocycles. The van der Waals surface area contributed by atoms with Crippen LogP contribution in [0.15, 0.2) is 28.9 Å². The summed E-state index contributed by atoms with van der Waals surface area (Å²) >= 11 is 0. The van der Waals surface area contributed by atoms with Gasteiger partial charge in [0.2, 0.25) is 17.6 Å². The van der Waals surface area contributed by atoms with Crippen LogP contribution in [0.2, 0.25) is 0 Å². The maximum Gasteiger partial charge on any atom is 0.227 e. The Balaban J connectivity index is 1.90. The summed E-state index contributed by atoms with van der Waals surface area (Å²) < 4.78 is 5.10. The molecule has 1 amide bonds. The van der Waals surface area contributed by atoms with E-state index < -0.39 is 5.54 Å². The van der Waals surface area contributed by atoms with E-state index >= 15 is 0 Å². The lowest BCUT2D eigenvalue weighted by atomic mass is 10.1. The summed E-state index contributed by atoms with van der Waals surface area (Å²) in [5, 5.41) is 15.7. The van der Waals surface area contributed by atoms with Crippen LogP contribution < -0.4 is 5.32 Å². The number of nitrogens with one attached hydrogen (secondary N) is 1. The van der Waals surface area contributed by atoms with Crippen LogP contribution in [0.1, 0.15) is 26.2 Å². The van der Waals surface area contributed by atoms with Gasteiger partial charge in [0.05, 0.1) is 12.1 Å². The van der Waals surface area contributed by atoms with Crippen LogP contribution in [0.4, 0.5) is 0 Å². The van der Waals surface area contributed by atoms with Gasteiger partial charge >= 0.3 is 0 Å². The average Bonchev–Trinajstić information content (AvgIpc) is 2.95. The number of hydrogen-bond acceptors (Lipinski definition) is 6. The van der Waals surface area contributed by atoms with Crippen LogP contribution in [0.5, 0.6) is 0 Å². The third-order valence-electron chi connectivity index (χ3n) is 2.80. The minimum Gasteiger partial charge on any atom is -0.394 e. The molecule has 0 saturated heterocycles. The Morgan fingerprint density at radius 2 is 2.24 bits per heavy atom. The predicted octanol–water partition coefficient (Wildman–Crippen LogP) is 0.951. The van der Waals surface area contributed by atoms with Crippen molar-refractivity contribution in [2.75, 3.05) is 6.61 Å². The highest BCUT2D eigenvalue weighted by Crippen LogP contribution is 2.12. The fourth-order valence-electron chi connectivity index (χ4n) is 1.66. The van der Waals surface area contributed by atoms with Crippen molar-refractivity contribution in [1.29, 1.82) is 0 Å². The number of carbonyl (C=O) groups is 1. The van der Waals surface area contributed by atoms with E-state index in [0.717, 1.165) is 0 Å². The molecular weight excluding hydrogens is 272 g/mol. The van der Waals surface area contributed by atoms with Gasteiger partial charge in [0.1, 0.15) is 5.69 Å². The lowest BCUT2D eigenvalue weighted by Gasteiger charge is -2.23.